The molecule has 0 aromatic carbocycles. The van der Waals surface area contributed by atoms with Crippen molar-refractivity contribution in [2.75, 3.05) is 13.2 Å². The van der Waals surface area contributed by atoms with Gasteiger partial charge in [-0.3, -0.25) is 0 Å². The molecule has 1 saturated heterocycles. The second kappa shape index (κ2) is 5.03. The molecule has 0 aromatic rings. The van der Waals surface area contributed by atoms with Crippen LogP contribution < -0.4 is 0 Å². The van der Waals surface area contributed by atoms with Gasteiger partial charge in [0.1, 0.15) is 11.0 Å². The van der Waals surface area contributed by atoms with Crippen LogP contribution in [-0.4, -0.2) is 28.4 Å². The molecule has 14 heavy (non-hydrogen) atoms. The van der Waals surface area contributed by atoms with E-state index >= 15 is 0 Å². The van der Waals surface area contributed by atoms with Gasteiger partial charge in [0.25, 0.3) is 0 Å². The summed E-state index contributed by atoms with van der Waals surface area (Å²) >= 11 is 0. The molecule has 0 spiro atoms. The van der Waals surface area contributed by atoms with Gasteiger partial charge in [0, 0.05) is 18.7 Å². The molecule has 1 fully saturated rings. The number of hydrogen-bond donors (Lipinski definition) is 0. The van der Waals surface area contributed by atoms with Crippen LogP contribution in [0, 0.1) is 5.92 Å². The van der Waals surface area contributed by atoms with Crippen molar-refractivity contribution in [3.8, 4) is 0 Å². The Bertz CT molecular complexity index is 227. The summed E-state index contributed by atoms with van der Waals surface area (Å²) in [7, 11) is -1.13. The Labute approximate surface area is 88.5 Å². The lowest BCUT2D eigenvalue weighted by Gasteiger charge is -2.19. The van der Waals surface area contributed by atoms with E-state index in [0.717, 1.165) is 26.1 Å². The highest BCUT2D eigenvalue weighted by Crippen LogP contribution is 2.15. The summed E-state index contributed by atoms with van der Waals surface area (Å²) in [6, 6.07) is 0. The van der Waals surface area contributed by atoms with Crippen molar-refractivity contribution in [1.82, 2.24) is 0 Å². The SMILES string of the molecule is CC(C)(C)S(=O)N=C[C@@H]1CCCOC1. The van der Waals surface area contributed by atoms with Crippen LogP contribution in [-0.2, 0) is 15.7 Å². The molecule has 82 valence electrons. The first-order valence-electron chi connectivity index (χ1n) is 5.04. The van der Waals surface area contributed by atoms with E-state index in [1.807, 2.05) is 20.8 Å². The van der Waals surface area contributed by atoms with E-state index in [2.05, 4.69) is 4.40 Å². The zero-order chi connectivity index (χ0) is 10.6. The van der Waals surface area contributed by atoms with Gasteiger partial charge in [0.05, 0.1) is 11.4 Å². The number of hydrogen-bond acceptors (Lipinski definition) is 2. The summed E-state index contributed by atoms with van der Waals surface area (Å²) < 4.78 is 20.7. The van der Waals surface area contributed by atoms with Crippen molar-refractivity contribution in [2.45, 2.75) is 38.4 Å². The Morgan fingerprint density at radius 2 is 2.21 bits per heavy atom. The molecule has 0 aromatic heterocycles. The summed E-state index contributed by atoms with van der Waals surface area (Å²) in [6.45, 7) is 7.37. The maximum Gasteiger partial charge on any atom is 0.144 e. The van der Waals surface area contributed by atoms with Gasteiger partial charge in [-0.25, -0.2) is 4.21 Å². The Morgan fingerprint density at radius 1 is 1.50 bits per heavy atom. The van der Waals surface area contributed by atoms with E-state index < -0.39 is 11.0 Å². The third kappa shape index (κ3) is 3.88. The molecule has 0 N–H and O–H groups in total. The molecule has 3 nitrogen and oxygen atoms in total. The molecule has 0 radical (unpaired) electrons. The van der Waals surface area contributed by atoms with Crippen LogP contribution >= 0.6 is 0 Å². The van der Waals surface area contributed by atoms with Gasteiger partial charge in [0.2, 0.25) is 0 Å². The molecule has 4 heteroatoms. The smallest absolute Gasteiger partial charge is 0.144 e. The monoisotopic (exact) mass is 217 g/mol. The van der Waals surface area contributed by atoms with Gasteiger partial charge in [-0.1, -0.05) is 0 Å². The largest absolute Gasteiger partial charge is 0.381 e. The lowest BCUT2D eigenvalue weighted by Crippen LogP contribution is -2.22. The van der Waals surface area contributed by atoms with Crippen molar-refractivity contribution >= 4 is 17.2 Å². The maximum atomic E-state index is 11.6. The molecule has 1 unspecified atom stereocenters. The van der Waals surface area contributed by atoms with Gasteiger partial charge >= 0.3 is 0 Å². The Kier molecular flexibility index (Phi) is 4.26. The standard InChI is InChI=1S/C10H19NO2S/c1-10(2,3)14(12)11-7-9-5-4-6-13-8-9/h7,9H,4-6,8H2,1-3H3/t9-,14?/m0/s1. The van der Waals surface area contributed by atoms with Crippen molar-refractivity contribution in [1.29, 1.82) is 0 Å². The number of ether oxygens (including phenoxy) is 1. The third-order valence-corrected chi connectivity index (χ3v) is 3.45. The summed E-state index contributed by atoms with van der Waals surface area (Å²) in [6.07, 6.45) is 3.99. The average Bonchev–Trinajstić information content (AvgIpc) is 2.14. The van der Waals surface area contributed by atoms with Gasteiger partial charge < -0.3 is 4.74 Å². The van der Waals surface area contributed by atoms with Crippen molar-refractivity contribution in [3.05, 3.63) is 0 Å². The van der Waals surface area contributed by atoms with E-state index in [9.17, 15) is 4.21 Å². The lowest BCUT2D eigenvalue weighted by molar-refractivity contribution is 0.0784. The summed E-state index contributed by atoms with van der Waals surface area (Å²) in [5.74, 6) is 0.357. The zero-order valence-electron chi connectivity index (χ0n) is 9.16. The minimum atomic E-state index is -1.13. The molecule has 0 amide bonds. The average molecular weight is 217 g/mol. The van der Waals surface area contributed by atoms with Crippen LogP contribution in [0.4, 0.5) is 0 Å². The Hall–Kier alpha value is -0.220. The van der Waals surface area contributed by atoms with E-state index in [1.54, 1.807) is 6.21 Å². The predicted octanol–water partition coefficient (Wildman–Crippen LogP) is 1.95. The second-order valence-electron chi connectivity index (χ2n) is 4.59. The molecule has 2 atom stereocenters. The van der Waals surface area contributed by atoms with Crippen molar-refractivity contribution < 1.29 is 8.95 Å². The van der Waals surface area contributed by atoms with Crippen LogP contribution in [0.15, 0.2) is 4.40 Å². The predicted molar refractivity (Wildman–Crippen MR) is 59.9 cm³/mol. The first kappa shape index (κ1) is 11.9. The third-order valence-electron chi connectivity index (χ3n) is 2.09. The van der Waals surface area contributed by atoms with Crippen LogP contribution in [0.5, 0.6) is 0 Å². The fraction of sp³-hybridized carbons (Fsp3) is 0.900. The van der Waals surface area contributed by atoms with Crippen LogP contribution in [0.2, 0.25) is 0 Å². The van der Waals surface area contributed by atoms with E-state index in [1.165, 1.54) is 0 Å². The molecule has 1 aliphatic heterocycles. The number of nitrogens with zero attached hydrogens (tertiary/aromatic N) is 1. The molecule has 0 aliphatic carbocycles. The summed E-state index contributed by atoms with van der Waals surface area (Å²) in [5, 5.41) is 0. The quantitative estimate of drug-likeness (QED) is 0.663. The highest BCUT2D eigenvalue weighted by molar-refractivity contribution is 7.85. The molecular weight excluding hydrogens is 198 g/mol. The zero-order valence-corrected chi connectivity index (χ0v) is 9.97. The van der Waals surface area contributed by atoms with Gasteiger partial charge in [-0.2, -0.15) is 4.40 Å². The van der Waals surface area contributed by atoms with Crippen molar-refractivity contribution in [3.63, 3.8) is 0 Å². The van der Waals surface area contributed by atoms with Crippen LogP contribution in [0.3, 0.4) is 0 Å². The summed E-state index contributed by atoms with van der Waals surface area (Å²) in [4.78, 5) is 0. The Balaban J connectivity index is 2.42. The van der Waals surface area contributed by atoms with Crippen molar-refractivity contribution in [2.24, 2.45) is 10.3 Å². The summed E-state index contributed by atoms with van der Waals surface area (Å²) in [5.41, 5.74) is 0. The topological polar surface area (TPSA) is 38.7 Å². The molecule has 1 aliphatic rings. The Morgan fingerprint density at radius 3 is 2.71 bits per heavy atom. The van der Waals surface area contributed by atoms with Gasteiger partial charge in [-0.05, 0) is 33.6 Å². The van der Waals surface area contributed by atoms with E-state index in [0.29, 0.717) is 5.92 Å². The molecule has 0 saturated carbocycles. The molecule has 0 bridgehead atoms. The molecular formula is C10H19NO2S. The molecule has 1 heterocycles. The van der Waals surface area contributed by atoms with E-state index in [4.69, 9.17) is 4.74 Å². The molecule has 1 rings (SSSR count). The maximum absolute atomic E-state index is 11.6. The normalized spacial score (nSPS) is 26.6. The highest BCUT2D eigenvalue weighted by atomic mass is 32.2. The van der Waals surface area contributed by atoms with Gasteiger partial charge in [0.15, 0.2) is 0 Å². The lowest BCUT2D eigenvalue weighted by atomic mass is 10.0. The second-order valence-corrected chi connectivity index (χ2v) is 6.53. The first-order valence-corrected chi connectivity index (χ1v) is 6.15. The highest BCUT2D eigenvalue weighted by Gasteiger charge is 2.19. The number of rotatable bonds is 2. The minimum absolute atomic E-state index is 0.258. The van der Waals surface area contributed by atoms with E-state index in [-0.39, 0.29) is 4.75 Å². The minimum Gasteiger partial charge on any atom is -0.381 e. The first-order chi connectivity index (χ1) is 6.50. The van der Waals surface area contributed by atoms with Gasteiger partial charge in [-0.15, -0.1) is 0 Å². The van der Waals surface area contributed by atoms with Crippen LogP contribution in [0.1, 0.15) is 33.6 Å². The van der Waals surface area contributed by atoms with Crippen LogP contribution in [0.25, 0.3) is 0 Å². The fourth-order valence-corrected chi connectivity index (χ4v) is 1.78. The fourth-order valence-electron chi connectivity index (χ4n) is 1.18.